The number of methoxy groups -OCH3 is 1. The SMILES string of the molecule is COc1cc(CNCC(O)CC(C)C)ccc1/C(N)=N/O. The Morgan fingerprint density at radius 2 is 2.14 bits per heavy atom. The summed E-state index contributed by atoms with van der Waals surface area (Å²) in [5.41, 5.74) is 7.12. The van der Waals surface area contributed by atoms with E-state index in [1.54, 1.807) is 6.07 Å². The van der Waals surface area contributed by atoms with Crippen molar-refractivity contribution in [1.29, 1.82) is 0 Å². The van der Waals surface area contributed by atoms with Crippen LogP contribution in [0, 0.1) is 5.92 Å². The number of amidine groups is 1. The van der Waals surface area contributed by atoms with Gasteiger partial charge in [0, 0.05) is 13.1 Å². The van der Waals surface area contributed by atoms with Gasteiger partial charge in [-0.2, -0.15) is 0 Å². The topological polar surface area (TPSA) is 100 Å². The van der Waals surface area contributed by atoms with Crippen LogP contribution in [0.2, 0.25) is 0 Å². The zero-order valence-corrected chi connectivity index (χ0v) is 12.8. The van der Waals surface area contributed by atoms with Gasteiger partial charge >= 0.3 is 0 Å². The molecule has 0 amide bonds. The Bertz CT molecular complexity index is 475. The summed E-state index contributed by atoms with van der Waals surface area (Å²) in [6.07, 6.45) is 0.432. The van der Waals surface area contributed by atoms with Crippen molar-refractivity contribution in [2.24, 2.45) is 16.8 Å². The Hall–Kier alpha value is -1.79. The first kappa shape index (κ1) is 17.3. The summed E-state index contributed by atoms with van der Waals surface area (Å²) in [4.78, 5) is 0. The largest absolute Gasteiger partial charge is 0.496 e. The number of hydrogen-bond acceptors (Lipinski definition) is 5. The van der Waals surface area contributed by atoms with Crippen LogP contribution in [0.1, 0.15) is 31.4 Å². The summed E-state index contributed by atoms with van der Waals surface area (Å²) >= 11 is 0. The van der Waals surface area contributed by atoms with Gasteiger partial charge in [-0.05, 0) is 30.0 Å². The van der Waals surface area contributed by atoms with E-state index in [2.05, 4.69) is 24.3 Å². The number of oxime groups is 1. The number of benzene rings is 1. The maximum Gasteiger partial charge on any atom is 0.173 e. The minimum atomic E-state index is -0.344. The molecule has 1 unspecified atom stereocenters. The van der Waals surface area contributed by atoms with Crippen LogP contribution in [0.4, 0.5) is 0 Å². The molecule has 1 atom stereocenters. The van der Waals surface area contributed by atoms with E-state index in [-0.39, 0.29) is 11.9 Å². The van der Waals surface area contributed by atoms with Crippen LogP contribution >= 0.6 is 0 Å². The second-order valence-electron chi connectivity index (χ2n) is 5.43. The lowest BCUT2D eigenvalue weighted by Crippen LogP contribution is -2.27. The quantitative estimate of drug-likeness (QED) is 0.251. The van der Waals surface area contributed by atoms with Gasteiger partial charge in [0.15, 0.2) is 5.84 Å². The Labute approximate surface area is 125 Å². The number of ether oxygens (including phenoxy) is 1. The third-order valence-corrected chi connectivity index (χ3v) is 3.10. The maximum absolute atomic E-state index is 9.80. The van der Waals surface area contributed by atoms with Gasteiger partial charge in [-0.3, -0.25) is 0 Å². The molecule has 0 aliphatic carbocycles. The van der Waals surface area contributed by atoms with E-state index in [4.69, 9.17) is 15.7 Å². The molecule has 6 heteroatoms. The molecule has 0 fully saturated rings. The van der Waals surface area contributed by atoms with Crippen molar-refractivity contribution in [3.05, 3.63) is 29.3 Å². The average molecular weight is 295 g/mol. The Kier molecular flexibility index (Phi) is 6.98. The predicted octanol–water partition coefficient (Wildman–Crippen LogP) is 1.29. The van der Waals surface area contributed by atoms with Crippen LogP contribution in [0.5, 0.6) is 5.75 Å². The van der Waals surface area contributed by atoms with Crippen LogP contribution < -0.4 is 15.8 Å². The fraction of sp³-hybridized carbons (Fsp3) is 0.533. The van der Waals surface area contributed by atoms with Gasteiger partial charge in [0.25, 0.3) is 0 Å². The van der Waals surface area contributed by atoms with E-state index in [1.807, 2.05) is 12.1 Å². The van der Waals surface area contributed by atoms with Crippen molar-refractivity contribution in [3.63, 3.8) is 0 Å². The first-order valence-electron chi connectivity index (χ1n) is 7.01. The number of aliphatic hydroxyl groups excluding tert-OH is 1. The van der Waals surface area contributed by atoms with Crippen LogP contribution in [-0.4, -0.2) is 35.9 Å². The third kappa shape index (κ3) is 5.61. The van der Waals surface area contributed by atoms with Gasteiger partial charge in [0.05, 0.1) is 18.8 Å². The van der Waals surface area contributed by atoms with E-state index in [9.17, 15) is 5.11 Å². The van der Waals surface area contributed by atoms with Gasteiger partial charge in [-0.1, -0.05) is 25.1 Å². The van der Waals surface area contributed by atoms with Gasteiger partial charge in [-0.25, -0.2) is 0 Å². The standard InChI is InChI=1S/C15H25N3O3/c1-10(2)6-12(19)9-17-8-11-4-5-13(15(16)18-20)14(7-11)21-3/h4-5,7,10,12,17,19-20H,6,8-9H2,1-3H3,(H2,16,18). The van der Waals surface area contributed by atoms with E-state index in [0.717, 1.165) is 12.0 Å². The molecule has 0 aliphatic heterocycles. The van der Waals surface area contributed by atoms with Crippen molar-refractivity contribution in [2.45, 2.75) is 32.9 Å². The highest BCUT2D eigenvalue weighted by molar-refractivity contribution is 5.99. The lowest BCUT2D eigenvalue weighted by molar-refractivity contribution is 0.146. The molecule has 1 aromatic rings. The monoisotopic (exact) mass is 295 g/mol. The summed E-state index contributed by atoms with van der Waals surface area (Å²) in [5, 5.41) is 24.7. The van der Waals surface area contributed by atoms with Crippen LogP contribution in [0.25, 0.3) is 0 Å². The molecule has 1 aromatic carbocycles. The van der Waals surface area contributed by atoms with Crippen LogP contribution in [0.3, 0.4) is 0 Å². The van der Waals surface area contributed by atoms with Crippen molar-refractivity contribution < 1.29 is 15.1 Å². The minimum absolute atomic E-state index is 0.0127. The van der Waals surface area contributed by atoms with Crippen molar-refractivity contribution in [1.82, 2.24) is 5.32 Å². The van der Waals surface area contributed by atoms with Crippen molar-refractivity contribution >= 4 is 5.84 Å². The third-order valence-electron chi connectivity index (χ3n) is 3.10. The van der Waals surface area contributed by atoms with Crippen LogP contribution in [0.15, 0.2) is 23.4 Å². The van der Waals surface area contributed by atoms with Gasteiger partial charge in [0.1, 0.15) is 5.75 Å². The van der Waals surface area contributed by atoms with Crippen LogP contribution in [-0.2, 0) is 6.54 Å². The first-order chi connectivity index (χ1) is 9.97. The molecule has 0 radical (unpaired) electrons. The molecule has 0 aromatic heterocycles. The Morgan fingerprint density at radius 1 is 1.43 bits per heavy atom. The maximum atomic E-state index is 9.80. The molecular weight excluding hydrogens is 270 g/mol. The van der Waals surface area contributed by atoms with E-state index < -0.39 is 0 Å². The average Bonchev–Trinajstić information content (AvgIpc) is 2.45. The zero-order chi connectivity index (χ0) is 15.8. The Morgan fingerprint density at radius 3 is 2.71 bits per heavy atom. The smallest absolute Gasteiger partial charge is 0.173 e. The summed E-state index contributed by atoms with van der Waals surface area (Å²) in [5.74, 6) is 1.04. The molecule has 0 heterocycles. The summed E-state index contributed by atoms with van der Waals surface area (Å²) < 4.78 is 5.24. The molecule has 0 bridgehead atoms. The lowest BCUT2D eigenvalue weighted by Gasteiger charge is -2.14. The zero-order valence-electron chi connectivity index (χ0n) is 12.8. The molecule has 6 nitrogen and oxygen atoms in total. The molecule has 21 heavy (non-hydrogen) atoms. The number of rotatable bonds is 8. The van der Waals surface area contributed by atoms with E-state index >= 15 is 0 Å². The summed E-state index contributed by atoms with van der Waals surface area (Å²) in [7, 11) is 1.53. The first-order valence-corrected chi connectivity index (χ1v) is 7.01. The number of hydrogen-bond donors (Lipinski definition) is 4. The number of nitrogens with zero attached hydrogens (tertiary/aromatic N) is 1. The van der Waals surface area contributed by atoms with Crippen molar-refractivity contribution in [3.8, 4) is 5.75 Å². The molecule has 0 saturated carbocycles. The lowest BCUT2D eigenvalue weighted by atomic mass is 10.1. The van der Waals surface area contributed by atoms with Gasteiger partial charge in [0.2, 0.25) is 0 Å². The second-order valence-corrected chi connectivity index (χ2v) is 5.43. The molecule has 0 saturated heterocycles. The minimum Gasteiger partial charge on any atom is -0.496 e. The number of nitrogens with two attached hydrogens (primary N) is 1. The fourth-order valence-corrected chi connectivity index (χ4v) is 2.12. The highest BCUT2D eigenvalue weighted by Crippen LogP contribution is 2.20. The number of aliphatic hydroxyl groups is 1. The normalized spacial score (nSPS) is 13.5. The van der Waals surface area contributed by atoms with Gasteiger partial charge < -0.3 is 26.1 Å². The second kappa shape index (κ2) is 8.49. The van der Waals surface area contributed by atoms with E-state index in [1.165, 1.54) is 7.11 Å². The Balaban J connectivity index is 2.61. The summed E-state index contributed by atoms with van der Waals surface area (Å²) in [6.45, 7) is 5.32. The highest BCUT2D eigenvalue weighted by Gasteiger charge is 2.10. The fourth-order valence-electron chi connectivity index (χ4n) is 2.12. The van der Waals surface area contributed by atoms with Crippen molar-refractivity contribution in [2.75, 3.05) is 13.7 Å². The van der Waals surface area contributed by atoms with Gasteiger partial charge in [-0.15, -0.1) is 0 Å². The number of nitrogens with one attached hydrogen (secondary N) is 1. The van der Waals surface area contributed by atoms with E-state index in [0.29, 0.717) is 30.3 Å². The predicted molar refractivity (Wildman–Crippen MR) is 82.7 cm³/mol. The summed E-state index contributed by atoms with van der Waals surface area (Å²) in [6, 6.07) is 5.45. The molecule has 1 rings (SSSR count). The highest BCUT2D eigenvalue weighted by atomic mass is 16.5. The molecule has 118 valence electrons. The molecule has 0 spiro atoms. The molecule has 0 aliphatic rings. The molecule has 5 N–H and O–H groups in total. The molecular formula is C15H25N3O3.